The number of ether oxygens (including phenoxy) is 2. The number of methoxy groups -OCH3 is 1. The number of esters is 1. The van der Waals surface area contributed by atoms with Gasteiger partial charge < -0.3 is 20.1 Å². The van der Waals surface area contributed by atoms with Gasteiger partial charge in [0, 0.05) is 17.5 Å². The molecule has 1 fully saturated rings. The van der Waals surface area contributed by atoms with Crippen LogP contribution in [-0.4, -0.2) is 24.1 Å². The molecule has 1 aromatic rings. The highest BCUT2D eigenvalue weighted by Crippen LogP contribution is 2.48. The second kappa shape index (κ2) is 7.31. The van der Waals surface area contributed by atoms with Crippen molar-refractivity contribution in [3.8, 4) is 11.8 Å². The van der Waals surface area contributed by atoms with Gasteiger partial charge in [0.05, 0.1) is 24.8 Å². The Hall–Kier alpha value is -2.94. The fourth-order valence-electron chi connectivity index (χ4n) is 3.22. The topological polar surface area (TPSA) is 88.6 Å². The number of benzene rings is 1. The predicted molar refractivity (Wildman–Crippen MR) is 94.2 cm³/mol. The highest BCUT2D eigenvalue weighted by Gasteiger charge is 2.53. The highest BCUT2D eigenvalue weighted by atomic mass is 16.5. The Morgan fingerprint density at radius 3 is 2.76 bits per heavy atom. The van der Waals surface area contributed by atoms with Crippen molar-refractivity contribution in [1.29, 1.82) is 5.26 Å². The predicted octanol–water partition coefficient (Wildman–Crippen LogP) is 2.75. The van der Waals surface area contributed by atoms with Crippen LogP contribution in [0.25, 0.3) is 0 Å². The van der Waals surface area contributed by atoms with Crippen molar-refractivity contribution < 1.29 is 14.3 Å². The van der Waals surface area contributed by atoms with Crippen molar-refractivity contribution in [3.05, 3.63) is 54.0 Å². The van der Waals surface area contributed by atoms with Gasteiger partial charge in [-0.3, -0.25) is 0 Å². The fraction of sp³-hybridized carbons (Fsp3) is 0.368. The molecule has 0 aliphatic carbocycles. The van der Waals surface area contributed by atoms with E-state index >= 15 is 0 Å². The van der Waals surface area contributed by atoms with Gasteiger partial charge in [0.2, 0.25) is 0 Å². The van der Waals surface area contributed by atoms with Crippen LogP contribution in [-0.2, 0) is 15.1 Å². The molecular weight excluding hydrogens is 318 g/mol. The second-order valence-corrected chi connectivity index (χ2v) is 6.05. The highest BCUT2D eigenvalue weighted by molar-refractivity contribution is 5.85. The molecule has 1 aliphatic rings. The lowest BCUT2D eigenvalue weighted by Crippen LogP contribution is -2.46. The summed E-state index contributed by atoms with van der Waals surface area (Å²) in [5.74, 6) is 0.0483. The van der Waals surface area contributed by atoms with Gasteiger partial charge in [-0.05, 0) is 45.0 Å². The molecular formula is C19H23N3O3. The zero-order valence-corrected chi connectivity index (χ0v) is 14.8. The number of nitrogens with zero attached hydrogens (tertiary/aromatic N) is 2. The molecule has 0 spiro atoms. The first-order valence-electron chi connectivity index (χ1n) is 8.07. The molecule has 0 aromatic heterocycles. The summed E-state index contributed by atoms with van der Waals surface area (Å²) in [6, 6.07) is 7.08. The number of nitriles is 1. The molecule has 1 heterocycles. The lowest BCUT2D eigenvalue weighted by atomic mass is 9.85. The first-order valence-corrected chi connectivity index (χ1v) is 8.07. The Bertz CT molecular complexity index is 749. The molecule has 2 N–H and O–H groups in total. The van der Waals surface area contributed by atoms with E-state index in [0.29, 0.717) is 29.7 Å². The quantitative estimate of drug-likeness (QED) is 0.829. The number of carbonyl (C=O) groups is 1. The molecule has 1 atom stereocenters. The monoisotopic (exact) mass is 341 g/mol. The summed E-state index contributed by atoms with van der Waals surface area (Å²) < 4.78 is 11.0. The van der Waals surface area contributed by atoms with Gasteiger partial charge in [-0.1, -0.05) is 12.6 Å². The summed E-state index contributed by atoms with van der Waals surface area (Å²) in [4.78, 5) is 14.9. The van der Waals surface area contributed by atoms with E-state index in [4.69, 9.17) is 20.5 Å². The van der Waals surface area contributed by atoms with Crippen molar-refractivity contribution >= 4 is 5.97 Å². The van der Waals surface area contributed by atoms with E-state index in [9.17, 15) is 4.79 Å². The van der Waals surface area contributed by atoms with Gasteiger partial charge in [0.15, 0.2) is 5.54 Å². The van der Waals surface area contributed by atoms with E-state index in [1.54, 1.807) is 43.1 Å². The van der Waals surface area contributed by atoms with Gasteiger partial charge in [-0.2, -0.15) is 5.26 Å². The zero-order chi connectivity index (χ0) is 18.6. The van der Waals surface area contributed by atoms with Crippen LogP contribution in [0.1, 0.15) is 37.8 Å². The van der Waals surface area contributed by atoms with E-state index in [1.807, 2.05) is 0 Å². The van der Waals surface area contributed by atoms with E-state index in [2.05, 4.69) is 12.6 Å². The van der Waals surface area contributed by atoms with Crippen molar-refractivity contribution in [2.24, 2.45) is 5.73 Å². The molecule has 25 heavy (non-hydrogen) atoms. The average Bonchev–Trinajstić information content (AvgIpc) is 2.99. The summed E-state index contributed by atoms with van der Waals surface area (Å²) >= 11 is 0. The van der Waals surface area contributed by atoms with E-state index in [1.165, 1.54) is 13.3 Å². The van der Waals surface area contributed by atoms with E-state index < -0.39 is 11.5 Å². The van der Waals surface area contributed by atoms with Crippen LogP contribution >= 0.6 is 0 Å². The number of hydrogen-bond acceptors (Lipinski definition) is 6. The molecule has 1 saturated heterocycles. The van der Waals surface area contributed by atoms with Gasteiger partial charge >= 0.3 is 5.97 Å². The maximum Gasteiger partial charge on any atom is 0.337 e. The summed E-state index contributed by atoms with van der Waals surface area (Å²) in [5, 5.41) is 9.13. The Morgan fingerprint density at radius 2 is 2.24 bits per heavy atom. The molecule has 1 aliphatic heterocycles. The fourth-order valence-corrected chi connectivity index (χ4v) is 3.22. The zero-order valence-electron chi connectivity index (χ0n) is 14.8. The van der Waals surface area contributed by atoms with E-state index in [-0.39, 0.29) is 6.10 Å². The Labute approximate surface area is 148 Å². The van der Waals surface area contributed by atoms with Gasteiger partial charge in [-0.25, -0.2) is 4.79 Å². The molecule has 1 unspecified atom stereocenters. The maximum atomic E-state index is 13.1. The lowest BCUT2D eigenvalue weighted by molar-refractivity contribution is -0.159. The summed E-state index contributed by atoms with van der Waals surface area (Å²) in [6.45, 7) is 7.44. The molecule has 0 amide bonds. The Balaban J connectivity index is 2.71. The molecule has 132 valence electrons. The maximum absolute atomic E-state index is 13.1. The molecule has 0 bridgehead atoms. The molecule has 6 heteroatoms. The van der Waals surface area contributed by atoms with Crippen LogP contribution in [0.3, 0.4) is 0 Å². The summed E-state index contributed by atoms with van der Waals surface area (Å²) in [6.07, 6.45) is 3.84. The molecule has 1 aromatic carbocycles. The van der Waals surface area contributed by atoms with Crippen molar-refractivity contribution in [3.63, 3.8) is 0 Å². The van der Waals surface area contributed by atoms with Crippen molar-refractivity contribution in [2.45, 2.75) is 38.3 Å². The SMILES string of the molecule is C=CN1/C(=C\N)CCC1(C(=O)OC(C)C)c1ccc(C#N)cc1OC. The van der Waals surface area contributed by atoms with Crippen LogP contribution in [0.2, 0.25) is 0 Å². The third kappa shape index (κ3) is 3.05. The largest absolute Gasteiger partial charge is 0.496 e. The molecule has 0 saturated carbocycles. The van der Waals surface area contributed by atoms with Crippen LogP contribution in [0.4, 0.5) is 0 Å². The molecule has 2 rings (SSSR count). The first kappa shape index (κ1) is 18.4. The third-order valence-corrected chi connectivity index (χ3v) is 4.30. The Morgan fingerprint density at radius 1 is 1.52 bits per heavy atom. The Kier molecular flexibility index (Phi) is 5.38. The number of carbonyl (C=O) groups excluding carboxylic acids is 1. The van der Waals surface area contributed by atoms with Crippen LogP contribution in [0.5, 0.6) is 5.75 Å². The van der Waals surface area contributed by atoms with Crippen molar-refractivity contribution in [1.82, 2.24) is 4.90 Å². The number of allylic oxidation sites excluding steroid dienone is 1. The average molecular weight is 341 g/mol. The number of nitrogens with two attached hydrogens (primary N) is 1. The summed E-state index contributed by atoms with van der Waals surface area (Å²) in [5.41, 5.74) is 6.46. The summed E-state index contributed by atoms with van der Waals surface area (Å²) in [7, 11) is 1.51. The lowest BCUT2D eigenvalue weighted by Gasteiger charge is -2.37. The number of likely N-dealkylation sites (tertiary alicyclic amines) is 1. The van der Waals surface area contributed by atoms with Crippen molar-refractivity contribution in [2.75, 3.05) is 7.11 Å². The third-order valence-electron chi connectivity index (χ3n) is 4.30. The molecule has 6 nitrogen and oxygen atoms in total. The minimum Gasteiger partial charge on any atom is -0.496 e. The minimum atomic E-state index is -1.13. The first-order chi connectivity index (χ1) is 11.9. The van der Waals surface area contributed by atoms with E-state index in [0.717, 1.165) is 5.70 Å². The minimum absolute atomic E-state index is 0.272. The van der Waals surface area contributed by atoms with Crippen LogP contribution in [0, 0.1) is 11.3 Å². The normalized spacial score (nSPS) is 21.2. The standard InChI is InChI=1S/C19H23N3O3/c1-5-22-15(12-21)8-9-19(22,18(23)25-13(2)3)16-7-6-14(11-20)10-17(16)24-4/h5-7,10,12-13H,1,8-9,21H2,2-4H3/b15-12-. The van der Waals surface area contributed by atoms with Gasteiger partial charge in [0.1, 0.15) is 5.75 Å². The second-order valence-electron chi connectivity index (χ2n) is 6.05. The smallest absolute Gasteiger partial charge is 0.337 e. The van der Waals surface area contributed by atoms with Crippen LogP contribution in [0.15, 0.2) is 42.9 Å². The van der Waals surface area contributed by atoms with Crippen LogP contribution < -0.4 is 10.5 Å². The van der Waals surface area contributed by atoms with Gasteiger partial charge in [-0.15, -0.1) is 0 Å². The van der Waals surface area contributed by atoms with Gasteiger partial charge in [0.25, 0.3) is 0 Å². The number of rotatable bonds is 5. The number of hydrogen-bond donors (Lipinski definition) is 1. The molecule has 0 radical (unpaired) electrons.